The molecule has 0 spiro atoms. The van der Waals surface area contributed by atoms with Gasteiger partial charge in [0.25, 0.3) is 0 Å². The van der Waals surface area contributed by atoms with Crippen molar-refractivity contribution in [2.24, 2.45) is 5.92 Å². The first kappa shape index (κ1) is 13.3. The SMILES string of the molecule is CCO[C@@H](S)CC(C(C)C)N(C)C. The van der Waals surface area contributed by atoms with Crippen LogP contribution in [0.1, 0.15) is 27.2 Å². The van der Waals surface area contributed by atoms with Gasteiger partial charge >= 0.3 is 0 Å². The zero-order chi connectivity index (χ0) is 10.4. The lowest BCUT2D eigenvalue weighted by atomic mass is 10.0. The number of hydrogen-bond acceptors (Lipinski definition) is 3. The summed E-state index contributed by atoms with van der Waals surface area (Å²) in [5, 5.41) is 0. The Labute approximate surface area is 88.1 Å². The molecule has 3 heteroatoms. The summed E-state index contributed by atoms with van der Waals surface area (Å²) in [4.78, 5) is 2.24. The molecule has 0 saturated heterocycles. The van der Waals surface area contributed by atoms with Gasteiger partial charge in [0, 0.05) is 12.6 Å². The lowest BCUT2D eigenvalue weighted by Crippen LogP contribution is -2.35. The van der Waals surface area contributed by atoms with Crippen LogP contribution < -0.4 is 0 Å². The third-order valence-corrected chi connectivity index (χ3v) is 2.59. The molecule has 1 unspecified atom stereocenters. The Morgan fingerprint density at radius 3 is 2.15 bits per heavy atom. The Morgan fingerprint density at radius 1 is 1.31 bits per heavy atom. The van der Waals surface area contributed by atoms with E-state index in [-0.39, 0.29) is 5.44 Å². The van der Waals surface area contributed by atoms with Gasteiger partial charge in [0.05, 0.1) is 0 Å². The topological polar surface area (TPSA) is 12.5 Å². The second-order valence-corrected chi connectivity index (χ2v) is 4.50. The molecule has 0 rings (SSSR count). The highest BCUT2D eigenvalue weighted by Gasteiger charge is 2.19. The quantitative estimate of drug-likeness (QED) is 0.527. The Balaban J connectivity index is 3.94. The molecule has 0 aliphatic heterocycles. The number of thiol groups is 1. The maximum Gasteiger partial charge on any atom is 0.101 e. The first-order valence-electron chi connectivity index (χ1n) is 4.95. The van der Waals surface area contributed by atoms with Crippen molar-refractivity contribution < 1.29 is 4.74 Å². The zero-order valence-electron chi connectivity index (χ0n) is 9.45. The summed E-state index contributed by atoms with van der Waals surface area (Å²) < 4.78 is 5.41. The Hall–Kier alpha value is 0.270. The first-order valence-corrected chi connectivity index (χ1v) is 5.46. The second-order valence-electron chi connectivity index (χ2n) is 3.92. The third kappa shape index (κ3) is 5.55. The van der Waals surface area contributed by atoms with Crippen molar-refractivity contribution in [1.82, 2.24) is 4.90 Å². The molecule has 0 bridgehead atoms. The maximum atomic E-state index is 5.41. The molecule has 13 heavy (non-hydrogen) atoms. The lowest BCUT2D eigenvalue weighted by molar-refractivity contribution is 0.0868. The minimum Gasteiger partial charge on any atom is -0.368 e. The van der Waals surface area contributed by atoms with Gasteiger partial charge in [0.15, 0.2) is 0 Å². The molecule has 0 aromatic carbocycles. The van der Waals surface area contributed by atoms with Gasteiger partial charge in [-0.3, -0.25) is 0 Å². The highest BCUT2D eigenvalue weighted by molar-refractivity contribution is 7.80. The van der Waals surface area contributed by atoms with Crippen LogP contribution in [0.3, 0.4) is 0 Å². The first-order chi connectivity index (χ1) is 5.99. The second kappa shape index (κ2) is 6.68. The summed E-state index contributed by atoms with van der Waals surface area (Å²) in [6.07, 6.45) is 0.988. The molecule has 0 amide bonds. The fraction of sp³-hybridized carbons (Fsp3) is 1.00. The number of ether oxygens (including phenoxy) is 1. The van der Waals surface area contributed by atoms with E-state index in [0.717, 1.165) is 13.0 Å². The van der Waals surface area contributed by atoms with E-state index in [1.165, 1.54) is 0 Å². The third-order valence-electron chi connectivity index (χ3n) is 2.24. The van der Waals surface area contributed by atoms with E-state index in [0.29, 0.717) is 12.0 Å². The van der Waals surface area contributed by atoms with Crippen LogP contribution in [0.15, 0.2) is 0 Å². The molecule has 0 heterocycles. The van der Waals surface area contributed by atoms with Crippen molar-refractivity contribution in [3.63, 3.8) is 0 Å². The molecule has 2 nitrogen and oxygen atoms in total. The summed E-state index contributed by atoms with van der Waals surface area (Å²) in [5.74, 6) is 0.644. The summed E-state index contributed by atoms with van der Waals surface area (Å²) in [6, 6.07) is 0.550. The normalized spacial score (nSPS) is 16.6. The smallest absolute Gasteiger partial charge is 0.101 e. The van der Waals surface area contributed by atoms with Gasteiger partial charge in [-0.1, -0.05) is 13.8 Å². The molecule has 0 saturated carbocycles. The van der Waals surface area contributed by atoms with Crippen LogP contribution in [0.5, 0.6) is 0 Å². The van der Waals surface area contributed by atoms with E-state index >= 15 is 0 Å². The van der Waals surface area contributed by atoms with Crippen molar-refractivity contribution in [2.75, 3.05) is 20.7 Å². The average Bonchev–Trinajstić information content (AvgIpc) is 1.99. The van der Waals surface area contributed by atoms with Gasteiger partial charge in [-0.15, -0.1) is 12.6 Å². The van der Waals surface area contributed by atoms with Crippen molar-refractivity contribution >= 4 is 12.6 Å². The van der Waals surface area contributed by atoms with E-state index in [1.54, 1.807) is 0 Å². The predicted octanol–water partition coefficient (Wildman–Crippen LogP) is 2.26. The molecular formula is C10H23NOS. The van der Waals surface area contributed by atoms with E-state index in [4.69, 9.17) is 4.74 Å². The minimum absolute atomic E-state index is 0.0693. The van der Waals surface area contributed by atoms with E-state index in [2.05, 4.69) is 45.5 Å². The Kier molecular flexibility index (Phi) is 6.82. The fourth-order valence-electron chi connectivity index (χ4n) is 1.55. The van der Waals surface area contributed by atoms with E-state index < -0.39 is 0 Å². The lowest BCUT2D eigenvalue weighted by Gasteiger charge is -2.29. The Morgan fingerprint density at radius 2 is 1.85 bits per heavy atom. The maximum absolute atomic E-state index is 5.41. The van der Waals surface area contributed by atoms with Crippen molar-refractivity contribution in [2.45, 2.75) is 38.7 Å². The summed E-state index contributed by atoms with van der Waals surface area (Å²) >= 11 is 4.39. The molecule has 2 atom stereocenters. The highest BCUT2D eigenvalue weighted by Crippen LogP contribution is 2.17. The van der Waals surface area contributed by atoms with Gasteiger partial charge in [-0.05, 0) is 33.4 Å². The van der Waals surface area contributed by atoms with Gasteiger partial charge in [0.1, 0.15) is 5.44 Å². The van der Waals surface area contributed by atoms with E-state index in [1.807, 2.05) is 6.92 Å². The zero-order valence-corrected chi connectivity index (χ0v) is 10.3. The average molecular weight is 205 g/mol. The van der Waals surface area contributed by atoms with Crippen molar-refractivity contribution in [3.05, 3.63) is 0 Å². The summed E-state index contributed by atoms with van der Waals surface area (Å²) in [6.45, 7) is 7.21. The van der Waals surface area contributed by atoms with Crippen LogP contribution in [-0.2, 0) is 4.74 Å². The van der Waals surface area contributed by atoms with Crippen LogP contribution in [0.4, 0.5) is 0 Å². The standard InChI is InChI=1S/C10H23NOS/c1-6-12-10(13)7-9(8(2)3)11(4)5/h8-10,13H,6-7H2,1-5H3/t9?,10-/m0/s1. The largest absolute Gasteiger partial charge is 0.368 e. The molecule has 0 N–H and O–H groups in total. The number of hydrogen-bond donors (Lipinski definition) is 1. The molecule has 0 aliphatic rings. The number of rotatable bonds is 6. The fourth-order valence-corrected chi connectivity index (χ4v) is 1.91. The van der Waals surface area contributed by atoms with Crippen LogP contribution in [0.25, 0.3) is 0 Å². The molecule has 0 fully saturated rings. The predicted molar refractivity (Wildman–Crippen MR) is 61.3 cm³/mol. The summed E-state index contributed by atoms with van der Waals surface area (Å²) in [7, 11) is 4.22. The van der Waals surface area contributed by atoms with Gasteiger partial charge in [-0.2, -0.15) is 0 Å². The molecular weight excluding hydrogens is 182 g/mol. The minimum atomic E-state index is 0.0693. The molecule has 0 radical (unpaired) electrons. The van der Waals surface area contributed by atoms with Crippen LogP contribution in [-0.4, -0.2) is 37.1 Å². The van der Waals surface area contributed by atoms with Crippen LogP contribution >= 0.6 is 12.6 Å². The van der Waals surface area contributed by atoms with Gasteiger partial charge < -0.3 is 9.64 Å². The molecule has 0 aromatic rings. The van der Waals surface area contributed by atoms with Gasteiger partial charge in [-0.25, -0.2) is 0 Å². The van der Waals surface area contributed by atoms with Crippen molar-refractivity contribution in [3.8, 4) is 0 Å². The van der Waals surface area contributed by atoms with E-state index in [9.17, 15) is 0 Å². The molecule has 80 valence electrons. The molecule has 0 aliphatic carbocycles. The van der Waals surface area contributed by atoms with Gasteiger partial charge in [0.2, 0.25) is 0 Å². The van der Waals surface area contributed by atoms with Crippen LogP contribution in [0, 0.1) is 5.92 Å². The summed E-state index contributed by atoms with van der Waals surface area (Å²) in [5.41, 5.74) is 0.0693. The Bertz CT molecular complexity index is 120. The van der Waals surface area contributed by atoms with Crippen molar-refractivity contribution in [1.29, 1.82) is 0 Å². The highest BCUT2D eigenvalue weighted by atomic mass is 32.1. The van der Waals surface area contributed by atoms with Crippen LogP contribution in [0.2, 0.25) is 0 Å². The number of nitrogens with zero attached hydrogens (tertiary/aromatic N) is 1. The molecule has 0 aromatic heterocycles. The monoisotopic (exact) mass is 205 g/mol.